The van der Waals surface area contributed by atoms with Crippen molar-refractivity contribution in [3.05, 3.63) is 27.9 Å². The summed E-state index contributed by atoms with van der Waals surface area (Å²) < 4.78 is 7.52. The average molecular weight is 366 g/mol. The van der Waals surface area contributed by atoms with Gasteiger partial charge in [0.2, 0.25) is 0 Å². The van der Waals surface area contributed by atoms with Crippen molar-refractivity contribution in [2.75, 3.05) is 6.61 Å². The third kappa shape index (κ3) is 4.14. The lowest BCUT2D eigenvalue weighted by Gasteiger charge is -2.15. The number of rotatable bonds is 6. The van der Waals surface area contributed by atoms with Crippen molar-refractivity contribution in [1.29, 1.82) is 0 Å². The van der Waals surface area contributed by atoms with Crippen molar-refractivity contribution in [3.63, 3.8) is 0 Å². The highest BCUT2D eigenvalue weighted by Crippen LogP contribution is 2.34. The van der Waals surface area contributed by atoms with E-state index >= 15 is 0 Å². The maximum absolute atomic E-state index is 6.18. The lowest BCUT2D eigenvalue weighted by molar-refractivity contribution is 0.0817. The number of fused-ring (bicyclic) bond motifs is 1. The molecule has 0 atom stereocenters. The van der Waals surface area contributed by atoms with Crippen molar-refractivity contribution >= 4 is 53.8 Å². The number of nitrogens with zero attached hydrogens (tertiary/aromatic N) is 2. The topological polar surface area (TPSA) is 27.1 Å². The zero-order chi connectivity index (χ0) is 15.6. The van der Waals surface area contributed by atoms with Crippen molar-refractivity contribution < 1.29 is 4.74 Å². The van der Waals surface area contributed by atoms with Gasteiger partial charge in [0.1, 0.15) is 6.73 Å². The van der Waals surface area contributed by atoms with E-state index in [1.807, 2.05) is 6.07 Å². The molecule has 0 aliphatic rings. The Kier molecular flexibility index (Phi) is 5.60. The molecule has 1 aromatic heterocycles. The molecule has 0 N–H and O–H groups in total. The number of ether oxygens (including phenoxy) is 1. The van der Waals surface area contributed by atoms with Gasteiger partial charge < -0.3 is 4.74 Å². The molecular formula is C14H19Cl3N2OSi. The third-order valence-corrected chi connectivity index (χ3v) is 6.08. The molecule has 0 saturated carbocycles. The molecule has 21 heavy (non-hydrogen) atoms. The summed E-state index contributed by atoms with van der Waals surface area (Å²) in [5, 5.41) is 6.26. The fourth-order valence-corrected chi connectivity index (χ4v) is 3.53. The van der Waals surface area contributed by atoms with Gasteiger partial charge in [-0.25, -0.2) is 4.68 Å². The van der Waals surface area contributed by atoms with Crippen LogP contribution < -0.4 is 0 Å². The molecule has 0 saturated heterocycles. The lowest BCUT2D eigenvalue weighted by Crippen LogP contribution is -2.22. The number of alkyl halides is 1. The molecule has 1 heterocycles. The maximum atomic E-state index is 6.18. The molecule has 0 amide bonds. The van der Waals surface area contributed by atoms with Crippen molar-refractivity contribution in [2.24, 2.45) is 0 Å². The van der Waals surface area contributed by atoms with Gasteiger partial charge in [0.25, 0.3) is 0 Å². The number of benzene rings is 1. The Labute approximate surface area is 141 Å². The van der Waals surface area contributed by atoms with Gasteiger partial charge in [-0.15, -0.1) is 11.6 Å². The zero-order valence-electron chi connectivity index (χ0n) is 12.4. The minimum Gasteiger partial charge on any atom is -0.360 e. The quantitative estimate of drug-likeness (QED) is 0.389. The van der Waals surface area contributed by atoms with Gasteiger partial charge in [-0.05, 0) is 17.7 Å². The van der Waals surface area contributed by atoms with Gasteiger partial charge in [-0.3, -0.25) is 0 Å². The average Bonchev–Trinajstić information content (AvgIpc) is 2.78. The predicted octanol–water partition coefficient (Wildman–Crippen LogP) is 5.39. The van der Waals surface area contributed by atoms with Crippen LogP contribution in [0.5, 0.6) is 0 Å². The summed E-state index contributed by atoms with van der Waals surface area (Å²) in [6.07, 6.45) is 1.76. The highest BCUT2D eigenvalue weighted by atomic mass is 35.5. The number of hydrogen-bond donors (Lipinski definition) is 0. The zero-order valence-corrected chi connectivity index (χ0v) is 15.7. The van der Waals surface area contributed by atoms with E-state index in [2.05, 4.69) is 24.7 Å². The van der Waals surface area contributed by atoms with Crippen molar-refractivity contribution in [2.45, 2.75) is 38.3 Å². The largest absolute Gasteiger partial charge is 0.360 e. The number of hydrogen-bond acceptors (Lipinski definition) is 2. The molecule has 1 aromatic carbocycles. The molecule has 3 nitrogen and oxygen atoms in total. The molecule has 0 spiro atoms. The van der Waals surface area contributed by atoms with E-state index < -0.39 is 8.07 Å². The van der Waals surface area contributed by atoms with Crippen LogP contribution in [0.1, 0.15) is 5.56 Å². The third-order valence-electron chi connectivity index (χ3n) is 3.29. The molecule has 7 heteroatoms. The van der Waals surface area contributed by atoms with Crippen LogP contribution >= 0.6 is 34.8 Å². The van der Waals surface area contributed by atoms with Gasteiger partial charge in [-0.1, -0.05) is 42.8 Å². The van der Waals surface area contributed by atoms with E-state index in [0.29, 0.717) is 22.7 Å². The minimum absolute atomic E-state index is 0.304. The van der Waals surface area contributed by atoms with Gasteiger partial charge in [-0.2, -0.15) is 5.10 Å². The molecule has 2 rings (SSSR count). The second-order valence-electron chi connectivity index (χ2n) is 6.21. The smallest absolute Gasteiger partial charge is 0.139 e. The van der Waals surface area contributed by atoms with Crippen molar-refractivity contribution in [1.82, 2.24) is 9.78 Å². The van der Waals surface area contributed by atoms with E-state index in [1.165, 1.54) is 0 Å². The van der Waals surface area contributed by atoms with Crippen LogP contribution in [0.3, 0.4) is 0 Å². The van der Waals surface area contributed by atoms with E-state index in [4.69, 9.17) is 39.5 Å². The monoisotopic (exact) mass is 364 g/mol. The second-order valence-corrected chi connectivity index (χ2v) is 12.9. The number of halogens is 3. The van der Waals surface area contributed by atoms with Crippen molar-refractivity contribution in [3.8, 4) is 0 Å². The SMILES string of the molecule is C[Si](C)(C)CCOCn1ncc2c(CCl)c(Cl)c(Cl)cc21. The maximum Gasteiger partial charge on any atom is 0.139 e. The summed E-state index contributed by atoms with van der Waals surface area (Å²) in [4.78, 5) is 0. The van der Waals surface area contributed by atoms with E-state index in [0.717, 1.165) is 29.1 Å². The van der Waals surface area contributed by atoms with Gasteiger partial charge in [0.05, 0.1) is 21.8 Å². The number of aromatic nitrogens is 2. The van der Waals surface area contributed by atoms with Crippen LogP contribution in [-0.2, 0) is 17.3 Å². The molecule has 0 bridgehead atoms. The molecule has 0 aliphatic heterocycles. The summed E-state index contributed by atoms with van der Waals surface area (Å²) in [6.45, 7) is 8.14. The molecule has 0 fully saturated rings. The normalized spacial score (nSPS) is 12.3. The first-order valence-corrected chi connectivity index (χ1v) is 11.8. The summed E-state index contributed by atoms with van der Waals surface area (Å²) >= 11 is 18.3. The molecule has 0 aliphatic carbocycles. The van der Waals surface area contributed by atoms with E-state index in [9.17, 15) is 0 Å². The predicted molar refractivity (Wildman–Crippen MR) is 93.4 cm³/mol. The molecule has 116 valence electrons. The Morgan fingerprint density at radius 3 is 2.62 bits per heavy atom. The highest BCUT2D eigenvalue weighted by Gasteiger charge is 2.15. The highest BCUT2D eigenvalue weighted by molar-refractivity contribution is 6.76. The fraction of sp³-hybridized carbons (Fsp3) is 0.500. The summed E-state index contributed by atoms with van der Waals surface area (Å²) in [5.41, 5.74) is 1.71. The standard InChI is InChI=1S/C14H19Cl3N2OSi/c1-21(2,3)5-4-20-9-19-13-6-12(16)14(17)10(7-15)11(13)8-18-19/h6,8H,4-5,7,9H2,1-3H3. The molecule has 2 aromatic rings. The Balaban J connectivity index is 2.17. The molecular weight excluding hydrogens is 347 g/mol. The Morgan fingerprint density at radius 2 is 2.00 bits per heavy atom. The van der Waals surface area contributed by atoms with Gasteiger partial charge in [0.15, 0.2) is 0 Å². The minimum atomic E-state index is -1.07. The first kappa shape index (κ1) is 17.1. The first-order valence-electron chi connectivity index (χ1n) is 6.79. The first-order chi connectivity index (χ1) is 9.83. The Hall–Kier alpha value is -0.263. The van der Waals surface area contributed by atoms with Crippen LogP contribution in [0.4, 0.5) is 0 Å². The van der Waals surface area contributed by atoms with Crippen LogP contribution in [0.2, 0.25) is 35.7 Å². The van der Waals surface area contributed by atoms with Gasteiger partial charge in [0, 0.05) is 25.9 Å². The Morgan fingerprint density at radius 1 is 1.29 bits per heavy atom. The second kappa shape index (κ2) is 6.88. The van der Waals surface area contributed by atoms with E-state index in [1.54, 1.807) is 10.9 Å². The Bertz CT molecular complexity index is 637. The fourth-order valence-electron chi connectivity index (χ4n) is 1.99. The molecule has 0 unspecified atom stereocenters. The van der Waals surface area contributed by atoms with Crippen LogP contribution in [-0.4, -0.2) is 24.5 Å². The van der Waals surface area contributed by atoms with Gasteiger partial charge >= 0.3 is 0 Å². The summed E-state index contributed by atoms with van der Waals surface area (Å²) in [5.74, 6) is 0.304. The van der Waals surface area contributed by atoms with Crippen LogP contribution in [0.25, 0.3) is 10.9 Å². The lowest BCUT2D eigenvalue weighted by atomic mass is 10.1. The van der Waals surface area contributed by atoms with E-state index in [-0.39, 0.29) is 0 Å². The summed E-state index contributed by atoms with van der Waals surface area (Å²) in [6, 6.07) is 2.94. The summed E-state index contributed by atoms with van der Waals surface area (Å²) in [7, 11) is -1.07. The van der Waals surface area contributed by atoms with Crippen LogP contribution in [0.15, 0.2) is 12.3 Å². The molecule has 0 radical (unpaired) electrons. The van der Waals surface area contributed by atoms with Crippen LogP contribution in [0, 0.1) is 0 Å².